The third-order valence-corrected chi connectivity index (χ3v) is 2.46. The van der Waals surface area contributed by atoms with Crippen molar-refractivity contribution in [2.24, 2.45) is 0 Å². The van der Waals surface area contributed by atoms with E-state index in [0.29, 0.717) is 5.56 Å². The van der Waals surface area contributed by atoms with Crippen molar-refractivity contribution in [3.8, 4) is 17.0 Å². The van der Waals surface area contributed by atoms with E-state index in [0.717, 1.165) is 24.4 Å². The molecule has 0 radical (unpaired) electrons. The van der Waals surface area contributed by atoms with E-state index in [1.165, 1.54) is 12.1 Å². The molecule has 0 amide bonds. The van der Waals surface area contributed by atoms with Crippen molar-refractivity contribution in [1.29, 1.82) is 0 Å². The summed E-state index contributed by atoms with van der Waals surface area (Å²) in [4.78, 5) is 3.78. The van der Waals surface area contributed by atoms with Gasteiger partial charge in [-0.05, 0) is 30.3 Å². The molecular weight excluding hydrogens is 286 g/mol. The third-order valence-electron chi connectivity index (χ3n) is 2.17. The maximum Gasteiger partial charge on any atom is 0.573 e. The van der Waals surface area contributed by atoms with Gasteiger partial charge in [0.2, 0.25) is 0 Å². The first-order valence-corrected chi connectivity index (χ1v) is 5.40. The molecule has 100 valence electrons. The van der Waals surface area contributed by atoms with E-state index in [2.05, 4.69) is 9.72 Å². The molecular formula is C12H6ClF4NO. The highest BCUT2D eigenvalue weighted by Gasteiger charge is 2.30. The maximum atomic E-state index is 12.8. The number of hydrogen-bond acceptors (Lipinski definition) is 2. The predicted octanol–water partition coefficient (Wildman–Crippen LogP) is 4.44. The minimum Gasteiger partial charge on any atom is -0.406 e. The average molecular weight is 292 g/mol. The van der Waals surface area contributed by atoms with E-state index in [-0.39, 0.29) is 16.5 Å². The summed E-state index contributed by atoms with van der Waals surface area (Å²) in [6, 6.07) is 6.04. The number of pyridine rings is 1. The summed E-state index contributed by atoms with van der Waals surface area (Å²) in [5, 5.41) is 0.0736. The standard InChI is InChI=1S/C12H6ClF4NO/c13-10-5-8(14)6-18-11(10)7-1-3-9(4-2-7)19-12(15,16)17/h1-6H. The van der Waals surface area contributed by atoms with Crippen LogP contribution >= 0.6 is 11.6 Å². The zero-order valence-corrected chi connectivity index (χ0v) is 9.97. The van der Waals surface area contributed by atoms with E-state index < -0.39 is 12.2 Å². The SMILES string of the molecule is Fc1cnc(-c2ccc(OC(F)(F)F)cc2)c(Cl)c1. The Morgan fingerprint density at radius 2 is 1.74 bits per heavy atom. The number of nitrogens with zero attached hydrogens (tertiary/aromatic N) is 1. The zero-order valence-electron chi connectivity index (χ0n) is 9.21. The van der Waals surface area contributed by atoms with Crippen LogP contribution in [-0.2, 0) is 0 Å². The second kappa shape index (κ2) is 5.05. The maximum absolute atomic E-state index is 12.8. The fourth-order valence-electron chi connectivity index (χ4n) is 1.44. The van der Waals surface area contributed by atoms with Crippen LogP contribution in [-0.4, -0.2) is 11.3 Å². The molecule has 0 fully saturated rings. The van der Waals surface area contributed by atoms with Gasteiger partial charge in [0.05, 0.1) is 16.9 Å². The Bertz CT molecular complexity index is 583. The Hall–Kier alpha value is -1.82. The van der Waals surface area contributed by atoms with E-state index in [1.807, 2.05) is 0 Å². The summed E-state index contributed by atoms with van der Waals surface area (Å²) < 4.78 is 52.5. The molecule has 0 N–H and O–H groups in total. The van der Waals surface area contributed by atoms with Gasteiger partial charge < -0.3 is 4.74 Å². The van der Waals surface area contributed by atoms with Gasteiger partial charge in [-0.1, -0.05) is 11.6 Å². The van der Waals surface area contributed by atoms with Crippen LogP contribution in [0.5, 0.6) is 5.75 Å². The zero-order chi connectivity index (χ0) is 14.0. The van der Waals surface area contributed by atoms with E-state index in [4.69, 9.17) is 11.6 Å². The minimum absolute atomic E-state index is 0.0736. The molecule has 19 heavy (non-hydrogen) atoms. The van der Waals surface area contributed by atoms with Crippen molar-refractivity contribution in [2.45, 2.75) is 6.36 Å². The van der Waals surface area contributed by atoms with Gasteiger partial charge in [-0.25, -0.2) is 4.39 Å². The van der Waals surface area contributed by atoms with Gasteiger partial charge in [-0.3, -0.25) is 4.98 Å². The van der Waals surface area contributed by atoms with Gasteiger partial charge in [-0.15, -0.1) is 13.2 Å². The monoisotopic (exact) mass is 291 g/mol. The topological polar surface area (TPSA) is 22.1 Å². The number of aromatic nitrogens is 1. The molecule has 0 aliphatic rings. The number of benzene rings is 1. The highest BCUT2D eigenvalue weighted by atomic mass is 35.5. The van der Waals surface area contributed by atoms with Crippen molar-refractivity contribution in [2.75, 3.05) is 0 Å². The van der Waals surface area contributed by atoms with Crippen LogP contribution in [0.15, 0.2) is 36.5 Å². The molecule has 2 aromatic rings. The lowest BCUT2D eigenvalue weighted by Crippen LogP contribution is -2.16. The fraction of sp³-hybridized carbons (Fsp3) is 0.0833. The first-order chi connectivity index (χ1) is 8.85. The van der Waals surface area contributed by atoms with Gasteiger partial charge in [0.15, 0.2) is 0 Å². The normalized spacial score (nSPS) is 11.4. The van der Waals surface area contributed by atoms with Crippen molar-refractivity contribution in [3.05, 3.63) is 47.4 Å². The summed E-state index contributed by atoms with van der Waals surface area (Å²) in [5.41, 5.74) is 0.737. The molecule has 0 aliphatic heterocycles. The van der Waals surface area contributed by atoms with Crippen molar-refractivity contribution >= 4 is 11.6 Å². The summed E-state index contributed by atoms with van der Waals surface area (Å²) in [6.45, 7) is 0. The van der Waals surface area contributed by atoms with Crippen LogP contribution in [0.1, 0.15) is 0 Å². The largest absolute Gasteiger partial charge is 0.573 e. The molecule has 1 aromatic carbocycles. The molecule has 1 heterocycles. The smallest absolute Gasteiger partial charge is 0.406 e. The molecule has 0 atom stereocenters. The Kier molecular flexibility index (Phi) is 3.61. The van der Waals surface area contributed by atoms with Crippen LogP contribution in [0.3, 0.4) is 0 Å². The van der Waals surface area contributed by atoms with Crippen LogP contribution < -0.4 is 4.74 Å². The molecule has 2 nitrogen and oxygen atoms in total. The first kappa shape index (κ1) is 13.6. The number of halogens is 5. The summed E-state index contributed by atoms with van der Waals surface area (Å²) >= 11 is 5.80. The lowest BCUT2D eigenvalue weighted by atomic mass is 10.1. The van der Waals surface area contributed by atoms with E-state index in [1.54, 1.807) is 0 Å². The van der Waals surface area contributed by atoms with Crippen LogP contribution in [0.4, 0.5) is 17.6 Å². The first-order valence-electron chi connectivity index (χ1n) is 5.02. The van der Waals surface area contributed by atoms with Crippen LogP contribution in [0, 0.1) is 5.82 Å². The van der Waals surface area contributed by atoms with Crippen LogP contribution in [0.2, 0.25) is 5.02 Å². The molecule has 0 bridgehead atoms. The number of rotatable bonds is 2. The fourth-order valence-corrected chi connectivity index (χ4v) is 1.70. The molecule has 1 aromatic heterocycles. The molecule has 0 spiro atoms. The Labute approximate surface area is 110 Å². The van der Waals surface area contributed by atoms with Gasteiger partial charge in [0.25, 0.3) is 0 Å². The van der Waals surface area contributed by atoms with Gasteiger partial charge in [0, 0.05) is 5.56 Å². The molecule has 0 aliphatic carbocycles. The summed E-state index contributed by atoms with van der Waals surface area (Å²) in [5.74, 6) is -0.944. The van der Waals surface area contributed by atoms with Crippen molar-refractivity contribution < 1.29 is 22.3 Å². The molecule has 0 saturated carbocycles. The van der Waals surface area contributed by atoms with Gasteiger partial charge in [0.1, 0.15) is 11.6 Å². The van der Waals surface area contributed by atoms with E-state index >= 15 is 0 Å². The third kappa shape index (κ3) is 3.57. The second-order valence-corrected chi connectivity index (χ2v) is 3.96. The summed E-state index contributed by atoms with van der Waals surface area (Å²) in [7, 11) is 0. The van der Waals surface area contributed by atoms with Crippen molar-refractivity contribution in [1.82, 2.24) is 4.98 Å². The molecule has 7 heteroatoms. The molecule has 2 rings (SSSR count). The minimum atomic E-state index is -4.74. The highest BCUT2D eigenvalue weighted by molar-refractivity contribution is 6.33. The lowest BCUT2D eigenvalue weighted by molar-refractivity contribution is -0.274. The van der Waals surface area contributed by atoms with Crippen molar-refractivity contribution in [3.63, 3.8) is 0 Å². The van der Waals surface area contributed by atoms with Gasteiger partial charge >= 0.3 is 6.36 Å². The Balaban J connectivity index is 2.27. The number of hydrogen-bond donors (Lipinski definition) is 0. The predicted molar refractivity (Wildman–Crippen MR) is 61.3 cm³/mol. The summed E-state index contributed by atoms with van der Waals surface area (Å²) in [6.07, 6.45) is -3.77. The molecule has 0 unspecified atom stereocenters. The number of ether oxygens (including phenoxy) is 1. The van der Waals surface area contributed by atoms with E-state index in [9.17, 15) is 17.6 Å². The van der Waals surface area contributed by atoms with Gasteiger partial charge in [-0.2, -0.15) is 0 Å². The quantitative estimate of drug-likeness (QED) is 0.763. The Morgan fingerprint density at radius 3 is 2.26 bits per heavy atom. The lowest BCUT2D eigenvalue weighted by Gasteiger charge is -2.09. The average Bonchev–Trinajstić information content (AvgIpc) is 2.28. The molecule has 0 saturated heterocycles. The van der Waals surface area contributed by atoms with Crippen LogP contribution in [0.25, 0.3) is 11.3 Å². The highest BCUT2D eigenvalue weighted by Crippen LogP contribution is 2.29. The second-order valence-electron chi connectivity index (χ2n) is 3.56. The number of alkyl halides is 3. The Morgan fingerprint density at radius 1 is 1.11 bits per heavy atom.